The Morgan fingerprint density at radius 3 is 2.70 bits per heavy atom. The fourth-order valence-electron chi connectivity index (χ4n) is 4.10. The molecule has 0 aliphatic carbocycles. The maximum absolute atomic E-state index is 11.9. The predicted octanol–water partition coefficient (Wildman–Crippen LogP) is 2.81. The minimum atomic E-state index is -3.22. The van der Waals surface area contributed by atoms with Crippen LogP contribution in [-0.2, 0) is 10.0 Å². The van der Waals surface area contributed by atoms with Crippen LogP contribution in [0.3, 0.4) is 0 Å². The third kappa shape index (κ3) is 4.19. The lowest BCUT2D eigenvalue weighted by molar-refractivity contribution is 0.387. The van der Waals surface area contributed by atoms with Crippen LogP contribution in [-0.4, -0.2) is 70.1 Å². The molecule has 0 unspecified atom stereocenters. The molecule has 5 rings (SSSR count). The zero-order valence-corrected chi connectivity index (χ0v) is 19.7. The van der Waals surface area contributed by atoms with E-state index in [1.165, 1.54) is 16.9 Å². The smallest absolute Gasteiger partial charge is 0.211 e. The van der Waals surface area contributed by atoms with Crippen molar-refractivity contribution in [3.05, 3.63) is 47.6 Å². The molecule has 2 N–H and O–H groups in total. The van der Waals surface area contributed by atoms with E-state index in [1.807, 2.05) is 31.2 Å². The molecule has 0 spiro atoms. The molecular formula is C21H23ClN8O2S. The highest BCUT2D eigenvalue weighted by Gasteiger charge is 2.26. The molecule has 1 fully saturated rings. The molecule has 10 nitrogen and oxygen atoms in total. The lowest BCUT2D eigenvalue weighted by Crippen LogP contribution is -2.48. The van der Waals surface area contributed by atoms with Gasteiger partial charge in [-0.15, -0.1) is 0 Å². The van der Waals surface area contributed by atoms with Crippen LogP contribution in [0.2, 0.25) is 5.02 Å². The van der Waals surface area contributed by atoms with Crippen molar-refractivity contribution >= 4 is 55.2 Å². The Bertz CT molecular complexity index is 1430. The van der Waals surface area contributed by atoms with E-state index in [0.29, 0.717) is 48.2 Å². The van der Waals surface area contributed by atoms with E-state index in [9.17, 15) is 8.42 Å². The summed E-state index contributed by atoms with van der Waals surface area (Å²) in [4.78, 5) is 22.9. The van der Waals surface area contributed by atoms with Gasteiger partial charge in [0.1, 0.15) is 17.7 Å². The molecule has 172 valence electrons. The quantitative estimate of drug-likeness (QED) is 0.442. The molecule has 33 heavy (non-hydrogen) atoms. The Morgan fingerprint density at radius 2 is 1.94 bits per heavy atom. The second-order valence-corrected chi connectivity index (χ2v) is 10.4. The van der Waals surface area contributed by atoms with E-state index < -0.39 is 10.0 Å². The van der Waals surface area contributed by atoms with Crippen molar-refractivity contribution in [2.75, 3.05) is 42.7 Å². The summed E-state index contributed by atoms with van der Waals surface area (Å²) in [6.45, 7) is 3.88. The Labute approximate surface area is 196 Å². The molecule has 3 aromatic heterocycles. The van der Waals surface area contributed by atoms with Crippen molar-refractivity contribution in [1.29, 1.82) is 0 Å². The summed E-state index contributed by atoms with van der Waals surface area (Å²) >= 11 is 6.58. The number of nitrogens with zero attached hydrogens (tertiary/aromatic N) is 6. The van der Waals surface area contributed by atoms with Gasteiger partial charge in [0.05, 0.1) is 29.3 Å². The minimum absolute atomic E-state index is 0.181. The zero-order valence-electron chi connectivity index (χ0n) is 18.2. The SMILES string of the molecule is C[C@H](Nc1ncnc2[nH]cnc12)c1cc2cccc(Cl)c2c(N2CCN(S(C)(=O)=O)CC2)n1. The van der Waals surface area contributed by atoms with Crippen LogP contribution >= 0.6 is 11.6 Å². The molecule has 0 amide bonds. The average Bonchev–Trinajstić information content (AvgIpc) is 3.28. The Morgan fingerprint density at radius 1 is 1.15 bits per heavy atom. The van der Waals surface area contributed by atoms with Crippen LogP contribution in [0.25, 0.3) is 21.9 Å². The zero-order chi connectivity index (χ0) is 23.2. The predicted molar refractivity (Wildman–Crippen MR) is 129 cm³/mol. The number of hydrogen-bond donors (Lipinski definition) is 2. The van der Waals surface area contributed by atoms with Crippen LogP contribution in [0.4, 0.5) is 11.6 Å². The molecule has 0 radical (unpaired) electrons. The molecule has 1 aliphatic rings. The molecule has 1 aromatic carbocycles. The summed E-state index contributed by atoms with van der Waals surface area (Å²) < 4.78 is 25.4. The number of hydrogen-bond acceptors (Lipinski definition) is 8. The first-order valence-electron chi connectivity index (χ1n) is 10.5. The van der Waals surface area contributed by atoms with Crippen LogP contribution in [0.15, 0.2) is 36.9 Å². The Hall–Kier alpha value is -3.02. The van der Waals surface area contributed by atoms with Gasteiger partial charge in [-0.25, -0.2) is 28.4 Å². The molecule has 0 saturated carbocycles. The Balaban J connectivity index is 1.51. The number of rotatable bonds is 5. The molecule has 1 atom stereocenters. The number of pyridine rings is 1. The number of fused-ring (bicyclic) bond motifs is 2. The van der Waals surface area contributed by atoms with Crippen molar-refractivity contribution in [2.45, 2.75) is 13.0 Å². The number of imidazole rings is 1. The number of H-pyrrole nitrogens is 1. The number of halogens is 1. The average molecular weight is 487 g/mol. The van der Waals surface area contributed by atoms with Gasteiger partial charge in [0, 0.05) is 31.6 Å². The second kappa shape index (κ2) is 8.40. The summed E-state index contributed by atoms with van der Waals surface area (Å²) in [6.07, 6.45) is 4.31. The van der Waals surface area contributed by atoms with Gasteiger partial charge in [-0.05, 0) is 24.4 Å². The summed E-state index contributed by atoms with van der Waals surface area (Å²) in [6, 6.07) is 7.59. The van der Waals surface area contributed by atoms with E-state index in [0.717, 1.165) is 22.3 Å². The summed E-state index contributed by atoms with van der Waals surface area (Å²) in [7, 11) is -3.22. The third-order valence-electron chi connectivity index (χ3n) is 5.83. The highest BCUT2D eigenvalue weighted by molar-refractivity contribution is 7.88. The van der Waals surface area contributed by atoms with Gasteiger partial charge in [0.25, 0.3) is 0 Å². The first-order valence-corrected chi connectivity index (χ1v) is 12.7. The molecule has 0 bridgehead atoms. The van der Waals surface area contributed by atoms with Crippen molar-refractivity contribution in [3.63, 3.8) is 0 Å². The summed E-state index contributed by atoms with van der Waals surface area (Å²) in [5.41, 5.74) is 2.13. The fourth-order valence-corrected chi connectivity index (χ4v) is 5.19. The molecular weight excluding hydrogens is 464 g/mol. The van der Waals surface area contributed by atoms with E-state index in [1.54, 1.807) is 6.33 Å². The lowest BCUT2D eigenvalue weighted by Gasteiger charge is -2.35. The van der Waals surface area contributed by atoms with Gasteiger partial charge in [0.15, 0.2) is 11.5 Å². The van der Waals surface area contributed by atoms with Gasteiger partial charge in [-0.3, -0.25) is 0 Å². The van der Waals surface area contributed by atoms with E-state index in [-0.39, 0.29) is 6.04 Å². The minimum Gasteiger partial charge on any atom is -0.360 e. The van der Waals surface area contributed by atoms with Gasteiger partial charge in [-0.1, -0.05) is 23.7 Å². The first kappa shape index (κ1) is 21.8. The van der Waals surface area contributed by atoms with Crippen molar-refractivity contribution < 1.29 is 8.42 Å². The van der Waals surface area contributed by atoms with E-state index in [2.05, 4.69) is 30.2 Å². The third-order valence-corrected chi connectivity index (χ3v) is 7.45. The normalized spacial score (nSPS) is 16.4. The van der Waals surface area contributed by atoms with Crippen LogP contribution in [0, 0.1) is 0 Å². The second-order valence-electron chi connectivity index (χ2n) is 8.05. The number of aromatic amines is 1. The summed E-state index contributed by atoms with van der Waals surface area (Å²) in [5.74, 6) is 1.37. The molecule has 1 saturated heterocycles. The highest BCUT2D eigenvalue weighted by atomic mass is 35.5. The van der Waals surface area contributed by atoms with Gasteiger partial charge >= 0.3 is 0 Å². The Kier molecular flexibility index (Phi) is 5.55. The fraction of sp³-hybridized carbons (Fsp3) is 0.333. The van der Waals surface area contributed by atoms with Crippen molar-refractivity contribution in [3.8, 4) is 0 Å². The van der Waals surface area contributed by atoms with Crippen LogP contribution < -0.4 is 10.2 Å². The van der Waals surface area contributed by atoms with Crippen molar-refractivity contribution in [1.82, 2.24) is 29.2 Å². The first-order chi connectivity index (χ1) is 15.8. The van der Waals surface area contributed by atoms with E-state index >= 15 is 0 Å². The number of piperazine rings is 1. The van der Waals surface area contributed by atoms with Crippen LogP contribution in [0.1, 0.15) is 18.7 Å². The molecule has 12 heteroatoms. The van der Waals surface area contributed by atoms with Gasteiger partial charge < -0.3 is 15.2 Å². The number of sulfonamides is 1. The monoisotopic (exact) mass is 486 g/mol. The largest absolute Gasteiger partial charge is 0.360 e. The van der Waals surface area contributed by atoms with Crippen molar-refractivity contribution in [2.24, 2.45) is 0 Å². The van der Waals surface area contributed by atoms with Gasteiger partial charge in [-0.2, -0.15) is 4.31 Å². The number of anilines is 2. The van der Waals surface area contributed by atoms with Gasteiger partial charge in [0.2, 0.25) is 10.0 Å². The molecule has 4 aromatic rings. The number of benzene rings is 1. The number of aromatic nitrogens is 5. The number of nitrogens with one attached hydrogen (secondary N) is 2. The highest BCUT2D eigenvalue weighted by Crippen LogP contribution is 2.34. The van der Waals surface area contributed by atoms with Crippen LogP contribution in [0.5, 0.6) is 0 Å². The standard InChI is InChI=1S/C21H23ClN8O2S/c1-13(27-20-18-19(24-11-23-18)25-12-26-20)16-10-14-4-3-5-15(22)17(14)21(28-16)29-6-8-30(9-7-29)33(2,31)32/h3-5,10-13H,6-9H2,1-2H3,(H2,23,24,25,26,27)/t13-/m0/s1. The maximum Gasteiger partial charge on any atom is 0.211 e. The van der Waals surface area contributed by atoms with E-state index in [4.69, 9.17) is 16.6 Å². The molecule has 1 aliphatic heterocycles. The summed E-state index contributed by atoms with van der Waals surface area (Å²) in [5, 5.41) is 5.83. The molecule has 4 heterocycles. The maximum atomic E-state index is 11.9. The topological polar surface area (TPSA) is 120 Å². The lowest BCUT2D eigenvalue weighted by atomic mass is 10.1.